The van der Waals surface area contributed by atoms with Crippen LogP contribution < -0.4 is 10.2 Å². The van der Waals surface area contributed by atoms with Crippen molar-refractivity contribution < 1.29 is 9.90 Å². The van der Waals surface area contributed by atoms with Crippen molar-refractivity contribution in [3.8, 4) is 0 Å². The number of carbonyl (C=O) groups is 1. The summed E-state index contributed by atoms with van der Waals surface area (Å²) in [4.78, 5) is 21.9. The molecule has 2 heterocycles. The van der Waals surface area contributed by atoms with Gasteiger partial charge in [0.2, 0.25) is 5.95 Å². The van der Waals surface area contributed by atoms with Crippen LogP contribution in [0, 0.1) is 6.92 Å². The van der Waals surface area contributed by atoms with Crippen LogP contribution in [-0.2, 0) is 0 Å². The van der Waals surface area contributed by atoms with E-state index in [1.54, 1.807) is 6.92 Å². The van der Waals surface area contributed by atoms with Crippen LogP contribution in [0.2, 0.25) is 0 Å². The minimum atomic E-state index is -0.974. The van der Waals surface area contributed by atoms with Crippen LogP contribution in [0.4, 0.5) is 5.95 Å². The molecule has 0 bridgehead atoms. The Morgan fingerprint density at radius 3 is 2.75 bits per heavy atom. The standard InChI is InChI=1S/C14H22N4O2/c1-3-8-18(11-4-6-15-7-5-11)14-16-9-12(13(19)20)10(2)17-14/h9,11,15H,3-8H2,1-2H3,(H,19,20). The molecule has 0 radical (unpaired) electrons. The van der Waals surface area contributed by atoms with Crippen LogP contribution in [0.15, 0.2) is 6.20 Å². The number of carboxylic acids is 1. The van der Waals surface area contributed by atoms with Crippen LogP contribution in [0.3, 0.4) is 0 Å². The maximum absolute atomic E-state index is 11.0. The van der Waals surface area contributed by atoms with E-state index in [0.717, 1.165) is 38.9 Å². The number of piperidine rings is 1. The van der Waals surface area contributed by atoms with Gasteiger partial charge in [0, 0.05) is 18.8 Å². The Morgan fingerprint density at radius 2 is 2.20 bits per heavy atom. The highest BCUT2D eigenvalue weighted by atomic mass is 16.4. The van der Waals surface area contributed by atoms with Crippen LogP contribution in [0.25, 0.3) is 0 Å². The molecule has 2 rings (SSSR count). The summed E-state index contributed by atoms with van der Waals surface area (Å²) in [5.41, 5.74) is 0.702. The second kappa shape index (κ2) is 6.65. The van der Waals surface area contributed by atoms with Gasteiger partial charge < -0.3 is 15.3 Å². The first-order valence-electron chi connectivity index (χ1n) is 7.17. The SMILES string of the molecule is CCCN(c1ncc(C(=O)O)c(C)n1)C1CCNCC1. The first-order valence-corrected chi connectivity index (χ1v) is 7.17. The van der Waals surface area contributed by atoms with E-state index in [9.17, 15) is 4.79 Å². The van der Waals surface area contributed by atoms with E-state index in [4.69, 9.17) is 5.11 Å². The lowest BCUT2D eigenvalue weighted by atomic mass is 10.0. The minimum absolute atomic E-state index is 0.176. The summed E-state index contributed by atoms with van der Waals surface area (Å²) in [5.74, 6) is -0.320. The van der Waals surface area contributed by atoms with E-state index in [2.05, 4.69) is 27.1 Å². The van der Waals surface area contributed by atoms with Crippen molar-refractivity contribution in [2.75, 3.05) is 24.5 Å². The lowest BCUT2D eigenvalue weighted by Gasteiger charge is -2.34. The fourth-order valence-corrected chi connectivity index (χ4v) is 2.61. The summed E-state index contributed by atoms with van der Waals surface area (Å²) in [7, 11) is 0. The van der Waals surface area contributed by atoms with Crippen LogP contribution in [0.5, 0.6) is 0 Å². The molecule has 1 aromatic heterocycles. The molecule has 0 aromatic carbocycles. The molecule has 1 aliphatic rings. The van der Waals surface area contributed by atoms with Crippen LogP contribution in [0.1, 0.15) is 42.2 Å². The number of nitrogens with one attached hydrogen (secondary N) is 1. The molecule has 1 saturated heterocycles. The average molecular weight is 278 g/mol. The summed E-state index contributed by atoms with van der Waals surface area (Å²) >= 11 is 0. The van der Waals surface area contributed by atoms with E-state index in [1.807, 2.05) is 0 Å². The predicted molar refractivity (Wildman–Crippen MR) is 77.3 cm³/mol. The highest BCUT2D eigenvalue weighted by Crippen LogP contribution is 2.19. The monoisotopic (exact) mass is 278 g/mol. The lowest BCUT2D eigenvalue weighted by Crippen LogP contribution is -2.44. The Balaban J connectivity index is 2.24. The first-order chi connectivity index (χ1) is 9.63. The van der Waals surface area contributed by atoms with Crippen molar-refractivity contribution in [1.82, 2.24) is 15.3 Å². The Kier molecular flexibility index (Phi) is 4.89. The zero-order valence-corrected chi connectivity index (χ0v) is 12.1. The number of aromatic carboxylic acids is 1. The van der Waals surface area contributed by atoms with Crippen LogP contribution >= 0.6 is 0 Å². The number of carboxylic acid groups (broad SMARTS) is 1. The number of hydrogen-bond donors (Lipinski definition) is 2. The summed E-state index contributed by atoms with van der Waals surface area (Å²) < 4.78 is 0. The van der Waals surface area contributed by atoms with Gasteiger partial charge in [-0.3, -0.25) is 0 Å². The highest BCUT2D eigenvalue weighted by molar-refractivity contribution is 5.88. The third kappa shape index (κ3) is 3.25. The number of rotatable bonds is 5. The Labute approximate surface area is 119 Å². The fourth-order valence-electron chi connectivity index (χ4n) is 2.61. The van der Waals surface area contributed by atoms with Crippen molar-refractivity contribution in [3.63, 3.8) is 0 Å². The molecule has 6 heteroatoms. The second-order valence-corrected chi connectivity index (χ2v) is 5.15. The number of anilines is 1. The zero-order chi connectivity index (χ0) is 14.5. The predicted octanol–water partition coefficient (Wildman–Crippen LogP) is 1.45. The van der Waals surface area contributed by atoms with Crippen molar-refractivity contribution in [1.29, 1.82) is 0 Å². The van der Waals surface area contributed by atoms with Gasteiger partial charge in [-0.1, -0.05) is 6.92 Å². The minimum Gasteiger partial charge on any atom is -0.478 e. The quantitative estimate of drug-likeness (QED) is 0.849. The lowest BCUT2D eigenvalue weighted by molar-refractivity contribution is 0.0695. The third-order valence-corrected chi connectivity index (χ3v) is 3.67. The molecule has 0 aliphatic carbocycles. The van der Waals surface area contributed by atoms with E-state index in [-0.39, 0.29) is 5.56 Å². The van der Waals surface area contributed by atoms with Gasteiger partial charge in [0.25, 0.3) is 0 Å². The molecular weight excluding hydrogens is 256 g/mol. The van der Waals surface area contributed by atoms with Gasteiger partial charge >= 0.3 is 5.97 Å². The summed E-state index contributed by atoms with van der Waals surface area (Å²) in [6.07, 6.45) is 4.59. The molecule has 2 N–H and O–H groups in total. The van der Waals surface area contributed by atoms with E-state index in [0.29, 0.717) is 17.7 Å². The molecule has 1 aliphatic heterocycles. The number of aryl methyl sites for hydroxylation is 1. The Bertz CT molecular complexity index is 472. The van der Waals surface area contributed by atoms with Gasteiger partial charge in [-0.15, -0.1) is 0 Å². The van der Waals surface area contributed by atoms with Crippen molar-refractivity contribution >= 4 is 11.9 Å². The third-order valence-electron chi connectivity index (χ3n) is 3.67. The Morgan fingerprint density at radius 1 is 1.50 bits per heavy atom. The van der Waals surface area contributed by atoms with Crippen molar-refractivity contribution in [2.45, 2.75) is 39.2 Å². The van der Waals surface area contributed by atoms with Gasteiger partial charge in [0.15, 0.2) is 0 Å². The van der Waals surface area contributed by atoms with E-state index >= 15 is 0 Å². The topological polar surface area (TPSA) is 78.4 Å². The molecular formula is C14H22N4O2. The molecule has 0 atom stereocenters. The summed E-state index contributed by atoms with van der Waals surface area (Å²) in [5, 5.41) is 12.4. The Hall–Kier alpha value is -1.69. The van der Waals surface area contributed by atoms with Crippen molar-refractivity contribution in [2.24, 2.45) is 0 Å². The smallest absolute Gasteiger partial charge is 0.339 e. The summed E-state index contributed by atoms with van der Waals surface area (Å²) in [6.45, 7) is 6.78. The van der Waals surface area contributed by atoms with Gasteiger partial charge in [-0.25, -0.2) is 14.8 Å². The van der Waals surface area contributed by atoms with Gasteiger partial charge in [-0.2, -0.15) is 0 Å². The maximum atomic E-state index is 11.0. The number of aromatic nitrogens is 2. The zero-order valence-electron chi connectivity index (χ0n) is 12.1. The van der Waals surface area contributed by atoms with Crippen molar-refractivity contribution in [3.05, 3.63) is 17.5 Å². The largest absolute Gasteiger partial charge is 0.478 e. The molecule has 0 saturated carbocycles. The summed E-state index contributed by atoms with van der Waals surface area (Å²) in [6, 6.07) is 0.436. The molecule has 110 valence electrons. The average Bonchev–Trinajstić information content (AvgIpc) is 2.45. The highest BCUT2D eigenvalue weighted by Gasteiger charge is 2.23. The molecule has 0 amide bonds. The van der Waals surface area contributed by atoms with Gasteiger partial charge in [-0.05, 0) is 39.3 Å². The second-order valence-electron chi connectivity index (χ2n) is 5.15. The maximum Gasteiger partial charge on any atom is 0.339 e. The fraction of sp³-hybridized carbons (Fsp3) is 0.643. The molecule has 20 heavy (non-hydrogen) atoms. The van der Waals surface area contributed by atoms with Crippen LogP contribution in [-0.4, -0.2) is 46.7 Å². The normalized spacial score (nSPS) is 16.1. The molecule has 1 fully saturated rings. The molecule has 0 unspecified atom stereocenters. The van der Waals surface area contributed by atoms with E-state index < -0.39 is 5.97 Å². The first kappa shape index (κ1) is 14.7. The number of hydrogen-bond acceptors (Lipinski definition) is 5. The van der Waals surface area contributed by atoms with Gasteiger partial charge in [0.1, 0.15) is 0 Å². The molecule has 6 nitrogen and oxygen atoms in total. The van der Waals surface area contributed by atoms with E-state index in [1.165, 1.54) is 6.20 Å². The molecule has 1 aromatic rings. The number of nitrogens with zero attached hydrogens (tertiary/aromatic N) is 3. The molecule has 0 spiro atoms. The van der Waals surface area contributed by atoms with Gasteiger partial charge in [0.05, 0.1) is 11.3 Å².